The molecule has 7 heteroatoms. The van der Waals surface area contributed by atoms with Crippen LogP contribution in [0.4, 0.5) is 10.1 Å². The first-order valence-electron chi connectivity index (χ1n) is 7.40. The van der Waals surface area contributed by atoms with Crippen molar-refractivity contribution in [1.82, 2.24) is 9.78 Å². The SMILES string of the molecule is CCn1cc2ccc(NC(=O)COc3ccc(Br)cc3F)cc2n1. The van der Waals surface area contributed by atoms with Gasteiger partial charge in [0.15, 0.2) is 18.2 Å². The largest absolute Gasteiger partial charge is 0.481 e. The highest BCUT2D eigenvalue weighted by molar-refractivity contribution is 9.10. The van der Waals surface area contributed by atoms with Gasteiger partial charge in [0.05, 0.1) is 5.52 Å². The van der Waals surface area contributed by atoms with Gasteiger partial charge in [-0.15, -0.1) is 0 Å². The van der Waals surface area contributed by atoms with Crippen LogP contribution in [0.5, 0.6) is 5.75 Å². The third kappa shape index (κ3) is 3.73. The lowest BCUT2D eigenvalue weighted by Crippen LogP contribution is -2.20. The number of aromatic nitrogens is 2. The molecule has 0 saturated carbocycles. The molecule has 124 valence electrons. The van der Waals surface area contributed by atoms with Crippen molar-refractivity contribution in [3.8, 4) is 5.75 Å². The maximum Gasteiger partial charge on any atom is 0.262 e. The number of fused-ring (bicyclic) bond motifs is 1. The molecule has 2 aromatic carbocycles. The van der Waals surface area contributed by atoms with Crippen LogP contribution in [0.15, 0.2) is 47.1 Å². The number of ether oxygens (including phenoxy) is 1. The Morgan fingerprint density at radius 3 is 2.92 bits per heavy atom. The Morgan fingerprint density at radius 1 is 1.33 bits per heavy atom. The van der Waals surface area contributed by atoms with Gasteiger partial charge in [0, 0.05) is 28.3 Å². The van der Waals surface area contributed by atoms with Crippen LogP contribution in [0.25, 0.3) is 10.9 Å². The number of benzene rings is 2. The molecule has 0 aliphatic carbocycles. The fraction of sp³-hybridized carbons (Fsp3) is 0.176. The highest BCUT2D eigenvalue weighted by Crippen LogP contribution is 2.22. The van der Waals surface area contributed by atoms with E-state index in [9.17, 15) is 9.18 Å². The zero-order valence-corrected chi connectivity index (χ0v) is 14.5. The number of carbonyl (C=O) groups excluding carboxylic acids is 1. The maximum absolute atomic E-state index is 13.6. The standard InChI is InChI=1S/C17H15BrFN3O2/c1-2-22-9-11-3-5-13(8-15(11)21-22)20-17(23)10-24-16-6-4-12(18)7-14(16)19/h3-9H,2,10H2,1H3,(H,20,23). The first-order valence-corrected chi connectivity index (χ1v) is 8.19. The first-order chi connectivity index (χ1) is 11.5. The van der Waals surface area contributed by atoms with E-state index >= 15 is 0 Å². The smallest absolute Gasteiger partial charge is 0.262 e. The van der Waals surface area contributed by atoms with Gasteiger partial charge in [-0.25, -0.2) is 4.39 Å². The second-order valence-corrected chi connectivity index (χ2v) is 6.09. The summed E-state index contributed by atoms with van der Waals surface area (Å²) in [5.41, 5.74) is 1.42. The van der Waals surface area contributed by atoms with Crippen molar-refractivity contribution < 1.29 is 13.9 Å². The van der Waals surface area contributed by atoms with Crippen LogP contribution in [-0.2, 0) is 11.3 Å². The summed E-state index contributed by atoms with van der Waals surface area (Å²) in [4.78, 5) is 12.0. The van der Waals surface area contributed by atoms with Crippen molar-refractivity contribution in [3.63, 3.8) is 0 Å². The van der Waals surface area contributed by atoms with Gasteiger partial charge in [-0.1, -0.05) is 15.9 Å². The Hall–Kier alpha value is -2.41. The molecule has 0 spiro atoms. The molecule has 0 fully saturated rings. The second kappa shape index (κ2) is 7.00. The third-order valence-electron chi connectivity index (χ3n) is 3.42. The maximum atomic E-state index is 13.6. The van der Waals surface area contributed by atoms with Crippen molar-refractivity contribution in [1.29, 1.82) is 0 Å². The van der Waals surface area contributed by atoms with E-state index in [2.05, 4.69) is 26.3 Å². The summed E-state index contributed by atoms with van der Waals surface area (Å²) in [7, 11) is 0. The number of hydrogen-bond acceptors (Lipinski definition) is 3. The molecular weight excluding hydrogens is 377 g/mol. The molecule has 0 saturated heterocycles. The minimum absolute atomic E-state index is 0.0329. The normalized spacial score (nSPS) is 10.8. The van der Waals surface area contributed by atoms with Crippen LogP contribution in [0.3, 0.4) is 0 Å². The van der Waals surface area contributed by atoms with E-state index in [1.807, 2.05) is 23.9 Å². The molecule has 1 aromatic heterocycles. The Kier molecular flexibility index (Phi) is 4.80. The van der Waals surface area contributed by atoms with Gasteiger partial charge in [-0.3, -0.25) is 9.48 Å². The van der Waals surface area contributed by atoms with Crippen LogP contribution in [0, 0.1) is 5.82 Å². The number of amides is 1. The van der Waals surface area contributed by atoms with Gasteiger partial charge < -0.3 is 10.1 Å². The second-order valence-electron chi connectivity index (χ2n) is 5.17. The average Bonchev–Trinajstić information content (AvgIpc) is 2.96. The van der Waals surface area contributed by atoms with E-state index in [4.69, 9.17) is 4.74 Å². The highest BCUT2D eigenvalue weighted by Gasteiger charge is 2.09. The van der Waals surface area contributed by atoms with Crippen molar-refractivity contribution >= 4 is 38.4 Å². The van der Waals surface area contributed by atoms with E-state index in [-0.39, 0.29) is 18.3 Å². The average molecular weight is 392 g/mol. The van der Waals surface area contributed by atoms with Gasteiger partial charge in [0.2, 0.25) is 0 Å². The minimum Gasteiger partial charge on any atom is -0.481 e. The van der Waals surface area contributed by atoms with E-state index in [0.29, 0.717) is 10.2 Å². The predicted octanol–water partition coefficient (Wildman–Crippen LogP) is 3.98. The summed E-state index contributed by atoms with van der Waals surface area (Å²) in [5, 5.41) is 8.11. The number of hydrogen-bond donors (Lipinski definition) is 1. The van der Waals surface area contributed by atoms with Crippen LogP contribution in [-0.4, -0.2) is 22.3 Å². The lowest BCUT2D eigenvalue weighted by atomic mass is 10.2. The number of anilines is 1. The third-order valence-corrected chi connectivity index (χ3v) is 3.91. The summed E-state index contributed by atoms with van der Waals surface area (Å²) >= 11 is 3.16. The fourth-order valence-corrected chi connectivity index (χ4v) is 2.57. The molecule has 1 heterocycles. The van der Waals surface area contributed by atoms with E-state index < -0.39 is 5.82 Å². The number of rotatable bonds is 5. The fourth-order valence-electron chi connectivity index (χ4n) is 2.24. The molecule has 5 nitrogen and oxygen atoms in total. The summed E-state index contributed by atoms with van der Waals surface area (Å²) in [6, 6.07) is 9.87. The molecule has 24 heavy (non-hydrogen) atoms. The summed E-state index contributed by atoms with van der Waals surface area (Å²) in [6.07, 6.45) is 1.94. The number of nitrogens with zero attached hydrogens (tertiary/aromatic N) is 2. The van der Waals surface area contributed by atoms with Crippen molar-refractivity contribution in [2.45, 2.75) is 13.5 Å². The lowest BCUT2D eigenvalue weighted by molar-refractivity contribution is -0.118. The molecule has 3 rings (SSSR count). The van der Waals surface area contributed by atoms with Gasteiger partial charge in [-0.05, 0) is 43.3 Å². The molecule has 0 radical (unpaired) electrons. The van der Waals surface area contributed by atoms with E-state index in [0.717, 1.165) is 17.4 Å². The summed E-state index contributed by atoms with van der Waals surface area (Å²) in [6.45, 7) is 2.51. The Balaban J connectivity index is 1.64. The van der Waals surface area contributed by atoms with Gasteiger partial charge in [0.1, 0.15) is 0 Å². The van der Waals surface area contributed by atoms with E-state index in [1.54, 1.807) is 18.2 Å². The monoisotopic (exact) mass is 391 g/mol. The topological polar surface area (TPSA) is 56.2 Å². The van der Waals surface area contributed by atoms with Gasteiger partial charge >= 0.3 is 0 Å². The molecule has 0 aliphatic heterocycles. The zero-order valence-electron chi connectivity index (χ0n) is 12.9. The number of halogens is 2. The zero-order chi connectivity index (χ0) is 17.1. The molecule has 0 bridgehead atoms. The van der Waals surface area contributed by atoms with Gasteiger partial charge in [0.25, 0.3) is 5.91 Å². The van der Waals surface area contributed by atoms with Crippen molar-refractivity contribution in [3.05, 3.63) is 52.9 Å². The van der Waals surface area contributed by atoms with Crippen LogP contribution in [0.1, 0.15) is 6.92 Å². The molecule has 3 aromatic rings. The van der Waals surface area contributed by atoms with Gasteiger partial charge in [-0.2, -0.15) is 5.10 Å². The quantitative estimate of drug-likeness (QED) is 0.715. The summed E-state index contributed by atoms with van der Waals surface area (Å²) < 4.78 is 21.3. The van der Waals surface area contributed by atoms with Crippen LogP contribution < -0.4 is 10.1 Å². The Bertz CT molecular complexity index is 895. The molecule has 1 amide bonds. The lowest BCUT2D eigenvalue weighted by Gasteiger charge is -2.08. The first kappa shape index (κ1) is 16.4. The highest BCUT2D eigenvalue weighted by atomic mass is 79.9. The minimum atomic E-state index is -0.524. The van der Waals surface area contributed by atoms with E-state index in [1.165, 1.54) is 12.1 Å². The van der Waals surface area contributed by atoms with Crippen LogP contribution in [0.2, 0.25) is 0 Å². The summed E-state index contributed by atoms with van der Waals surface area (Å²) in [5.74, 6) is -0.860. The predicted molar refractivity (Wildman–Crippen MR) is 93.6 cm³/mol. The molecule has 0 unspecified atom stereocenters. The number of nitrogens with one attached hydrogen (secondary N) is 1. The molecular formula is C17H15BrFN3O2. The van der Waals surface area contributed by atoms with Crippen molar-refractivity contribution in [2.75, 3.05) is 11.9 Å². The Labute approximate surface area is 146 Å². The number of carbonyl (C=O) groups is 1. The Morgan fingerprint density at radius 2 is 2.17 bits per heavy atom. The molecule has 0 atom stereocenters. The number of aryl methyl sites for hydroxylation is 1. The van der Waals surface area contributed by atoms with Crippen molar-refractivity contribution in [2.24, 2.45) is 0 Å². The molecule has 0 aliphatic rings. The molecule has 1 N–H and O–H groups in total. The van der Waals surface area contributed by atoms with Crippen LogP contribution >= 0.6 is 15.9 Å².